The molecule has 33 heavy (non-hydrogen) atoms. The van der Waals surface area contributed by atoms with Gasteiger partial charge in [-0.05, 0) is 12.1 Å². The van der Waals surface area contributed by atoms with Crippen molar-refractivity contribution < 1.29 is 22.4 Å². The normalized spacial score (nSPS) is 11.7. The van der Waals surface area contributed by atoms with Gasteiger partial charge in [0, 0.05) is 18.0 Å². The maximum atomic E-state index is 13.8. The number of hydrogen-bond acceptors (Lipinski definition) is 7. The molecule has 0 atom stereocenters. The van der Waals surface area contributed by atoms with Gasteiger partial charge < -0.3 is 5.32 Å². The van der Waals surface area contributed by atoms with E-state index in [0.29, 0.717) is 12.1 Å². The van der Waals surface area contributed by atoms with Crippen LogP contribution in [0.1, 0.15) is 11.3 Å². The van der Waals surface area contributed by atoms with Gasteiger partial charge in [-0.2, -0.15) is 13.2 Å². The molecule has 0 saturated heterocycles. The number of anilines is 1. The van der Waals surface area contributed by atoms with Crippen molar-refractivity contribution in [2.75, 3.05) is 5.32 Å². The first-order chi connectivity index (χ1) is 15.5. The molecule has 3 aromatic heterocycles. The molecule has 1 amide bonds. The zero-order valence-electron chi connectivity index (χ0n) is 16.5. The molecule has 1 aromatic carbocycles. The minimum atomic E-state index is -4.82. The van der Waals surface area contributed by atoms with Gasteiger partial charge in [0.1, 0.15) is 17.5 Å². The average molecular weight is 480 g/mol. The number of aromatic nitrogens is 5. The molecule has 3 heterocycles. The lowest BCUT2D eigenvalue weighted by Gasteiger charge is -2.08. The molecule has 0 fully saturated rings. The molecule has 0 unspecified atom stereocenters. The average Bonchev–Trinajstić information content (AvgIpc) is 3.19. The Balaban J connectivity index is 1.55. The van der Waals surface area contributed by atoms with Gasteiger partial charge in [0.15, 0.2) is 10.8 Å². The molecule has 0 spiro atoms. The van der Waals surface area contributed by atoms with Crippen LogP contribution in [0.2, 0.25) is 0 Å². The van der Waals surface area contributed by atoms with Crippen LogP contribution in [0.4, 0.5) is 22.7 Å². The highest BCUT2D eigenvalue weighted by molar-refractivity contribution is 7.14. The molecule has 2 N–H and O–H groups in total. The first-order valence-corrected chi connectivity index (χ1v) is 9.98. The summed E-state index contributed by atoms with van der Waals surface area (Å²) >= 11 is 0.976. The van der Waals surface area contributed by atoms with Crippen LogP contribution in [0.25, 0.3) is 22.3 Å². The summed E-state index contributed by atoms with van der Waals surface area (Å²) in [5.41, 5.74) is -2.39. The number of nitrogens with zero attached hydrogens (tertiary/aromatic N) is 4. The van der Waals surface area contributed by atoms with E-state index in [9.17, 15) is 31.9 Å². The third-order valence-electron chi connectivity index (χ3n) is 4.62. The van der Waals surface area contributed by atoms with Crippen molar-refractivity contribution in [3.63, 3.8) is 0 Å². The van der Waals surface area contributed by atoms with E-state index in [-0.39, 0.29) is 39.5 Å². The van der Waals surface area contributed by atoms with E-state index in [1.54, 1.807) is 0 Å². The summed E-state index contributed by atoms with van der Waals surface area (Å²) in [6.45, 7) is 0. The van der Waals surface area contributed by atoms with Crippen LogP contribution in [0.15, 0.2) is 39.5 Å². The van der Waals surface area contributed by atoms with Crippen molar-refractivity contribution in [2.45, 2.75) is 12.6 Å². The number of thiazole rings is 1. The van der Waals surface area contributed by atoms with Gasteiger partial charge in [0.05, 0.1) is 23.4 Å². The summed E-state index contributed by atoms with van der Waals surface area (Å²) in [5, 5.41) is 4.02. The predicted octanol–water partition coefficient (Wildman–Crippen LogP) is 2.48. The Kier molecular flexibility index (Phi) is 5.53. The Hall–Kier alpha value is -3.94. The maximum absolute atomic E-state index is 13.8. The Morgan fingerprint density at radius 1 is 1.24 bits per heavy atom. The lowest BCUT2D eigenvalue weighted by Crippen LogP contribution is -2.33. The number of nitrogens with one attached hydrogen (secondary N) is 2. The molecule has 14 heteroatoms. The van der Waals surface area contributed by atoms with Crippen LogP contribution in [0, 0.1) is 5.82 Å². The van der Waals surface area contributed by atoms with Crippen LogP contribution in [-0.2, 0) is 24.4 Å². The summed E-state index contributed by atoms with van der Waals surface area (Å²) in [7, 11) is 1.26. The molecule has 4 aromatic rings. The van der Waals surface area contributed by atoms with Gasteiger partial charge in [-0.15, -0.1) is 11.3 Å². The van der Waals surface area contributed by atoms with Gasteiger partial charge in [-0.1, -0.05) is 6.07 Å². The minimum Gasteiger partial charge on any atom is -0.302 e. The third kappa shape index (κ3) is 4.37. The third-order valence-corrected chi connectivity index (χ3v) is 5.38. The summed E-state index contributed by atoms with van der Waals surface area (Å²) in [6, 6.07) is 2.41. The Morgan fingerprint density at radius 3 is 2.70 bits per heavy atom. The summed E-state index contributed by atoms with van der Waals surface area (Å²) < 4.78 is 52.8. The highest BCUT2D eigenvalue weighted by atomic mass is 32.1. The highest BCUT2D eigenvalue weighted by Gasteiger charge is 2.34. The fourth-order valence-electron chi connectivity index (χ4n) is 3.00. The maximum Gasteiger partial charge on any atom is 0.419 e. The SMILES string of the molecule is Cn1c(=O)[nH]c2ncnc(CC(=O)Nc3nc(-c4ccc(C(F)(F)F)c(F)c4)cs3)c2c1=O. The van der Waals surface area contributed by atoms with Crippen LogP contribution in [0.5, 0.6) is 0 Å². The highest BCUT2D eigenvalue weighted by Crippen LogP contribution is 2.34. The number of alkyl halides is 3. The molecular weight excluding hydrogens is 468 g/mol. The Bertz CT molecular complexity index is 1510. The second-order valence-corrected chi connectivity index (χ2v) is 7.65. The van der Waals surface area contributed by atoms with Gasteiger partial charge in [-0.3, -0.25) is 19.1 Å². The van der Waals surface area contributed by atoms with Gasteiger partial charge in [0.25, 0.3) is 5.56 Å². The molecule has 4 rings (SSSR count). The second-order valence-electron chi connectivity index (χ2n) is 6.79. The Morgan fingerprint density at radius 2 is 2.00 bits per heavy atom. The number of halogens is 4. The second kappa shape index (κ2) is 8.20. The van der Waals surface area contributed by atoms with Crippen molar-refractivity contribution in [3.05, 3.63) is 67.8 Å². The zero-order valence-corrected chi connectivity index (χ0v) is 17.3. The van der Waals surface area contributed by atoms with E-state index in [1.807, 2.05) is 0 Å². The molecule has 0 bridgehead atoms. The van der Waals surface area contributed by atoms with Crippen molar-refractivity contribution in [1.82, 2.24) is 24.5 Å². The van der Waals surface area contributed by atoms with E-state index >= 15 is 0 Å². The zero-order chi connectivity index (χ0) is 23.9. The van der Waals surface area contributed by atoms with Crippen LogP contribution >= 0.6 is 11.3 Å². The topological polar surface area (TPSA) is 123 Å². The van der Waals surface area contributed by atoms with E-state index < -0.39 is 34.7 Å². The van der Waals surface area contributed by atoms with Crippen molar-refractivity contribution >= 4 is 33.4 Å². The molecule has 170 valence electrons. The molecule has 0 aliphatic rings. The molecule has 0 aliphatic carbocycles. The fourth-order valence-corrected chi connectivity index (χ4v) is 3.74. The van der Waals surface area contributed by atoms with E-state index in [4.69, 9.17) is 0 Å². The van der Waals surface area contributed by atoms with Crippen LogP contribution < -0.4 is 16.6 Å². The number of aromatic amines is 1. The number of carbonyl (C=O) groups is 1. The number of hydrogen-bond donors (Lipinski definition) is 2. The first kappa shape index (κ1) is 22.3. The number of rotatable bonds is 4. The monoisotopic (exact) mass is 480 g/mol. The Labute approximate surface area is 184 Å². The molecule has 0 aliphatic heterocycles. The van der Waals surface area contributed by atoms with Crippen LogP contribution in [-0.4, -0.2) is 30.4 Å². The van der Waals surface area contributed by atoms with Gasteiger partial charge in [0.2, 0.25) is 5.91 Å². The van der Waals surface area contributed by atoms with Crippen molar-refractivity contribution in [3.8, 4) is 11.3 Å². The fraction of sp³-hybridized carbons (Fsp3) is 0.158. The number of fused-ring (bicyclic) bond motifs is 1. The van der Waals surface area contributed by atoms with Gasteiger partial charge >= 0.3 is 11.9 Å². The lowest BCUT2D eigenvalue weighted by molar-refractivity contribution is -0.140. The molecule has 0 radical (unpaired) electrons. The quantitative estimate of drug-likeness (QED) is 0.433. The predicted molar refractivity (Wildman–Crippen MR) is 110 cm³/mol. The van der Waals surface area contributed by atoms with E-state index in [0.717, 1.165) is 28.3 Å². The number of H-pyrrole nitrogens is 1. The van der Waals surface area contributed by atoms with Crippen molar-refractivity contribution in [2.24, 2.45) is 7.05 Å². The van der Waals surface area contributed by atoms with Crippen molar-refractivity contribution in [1.29, 1.82) is 0 Å². The van der Waals surface area contributed by atoms with Gasteiger partial charge in [-0.25, -0.2) is 24.1 Å². The van der Waals surface area contributed by atoms with Crippen LogP contribution in [0.3, 0.4) is 0 Å². The molecule has 9 nitrogen and oxygen atoms in total. The van der Waals surface area contributed by atoms with E-state index in [2.05, 4.69) is 25.3 Å². The largest absolute Gasteiger partial charge is 0.419 e. The number of amides is 1. The molecular formula is C19H12F4N6O3S. The smallest absolute Gasteiger partial charge is 0.302 e. The standard InChI is InChI=1S/C19H12F4N6O3S/c1-29-16(31)14-11(24-7-25-15(14)28-18(29)32)5-13(30)27-17-26-12(6-33-17)8-2-3-9(10(20)4-8)19(21,22)23/h2-4,6-7H,5H2,1H3,(H,26,27,30)(H,24,25,28,32). The van der Waals surface area contributed by atoms with E-state index in [1.165, 1.54) is 12.4 Å². The number of benzene rings is 1. The summed E-state index contributed by atoms with van der Waals surface area (Å²) in [6.07, 6.45) is -4.06. The summed E-state index contributed by atoms with van der Waals surface area (Å²) in [5.74, 6) is -2.03. The minimum absolute atomic E-state index is 0.0123. The molecule has 0 saturated carbocycles. The summed E-state index contributed by atoms with van der Waals surface area (Å²) in [4.78, 5) is 50.9. The first-order valence-electron chi connectivity index (χ1n) is 9.10. The lowest BCUT2D eigenvalue weighted by atomic mass is 10.1. The number of carbonyl (C=O) groups excluding carboxylic acids is 1.